The van der Waals surface area contributed by atoms with Gasteiger partial charge in [0.2, 0.25) is 5.88 Å². The molecule has 0 aliphatic heterocycles. The fourth-order valence-corrected chi connectivity index (χ4v) is 1.44. The van der Waals surface area contributed by atoms with Gasteiger partial charge < -0.3 is 10.1 Å². The first kappa shape index (κ1) is 9.31. The van der Waals surface area contributed by atoms with Gasteiger partial charge >= 0.3 is 0 Å². The number of nitrogens with zero attached hydrogens (tertiary/aromatic N) is 1. The number of aromatic nitrogens is 1. The monoisotopic (exact) mass is 192 g/mol. The van der Waals surface area contributed by atoms with Crippen LogP contribution in [0.4, 0.5) is 5.82 Å². The highest BCUT2D eigenvalue weighted by Gasteiger charge is 2.20. The summed E-state index contributed by atoms with van der Waals surface area (Å²) < 4.78 is 5.04. The zero-order valence-electron chi connectivity index (χ0n) is 8.49. The third-order valence-electron chi connectivity index (χ3n) is 2.49. The molecule has 0 amide bonds. The van der Waals surface area contributed by atoms with Crippen LogP contribution < -0.4 is 10.1 Å². The largest absolute Gasteiger partial charge is 0.481 e. The molecule has 0 atom stereocenters. The second kappa shape index (κ2) is 4.31. The summed E-state index contributed by atoms with van der Waals surface area (Å²) in [4.78, 5) is 4.28. The maximum absolute atomic E-state index is 5.04. The quantitative estimate of drug-likeness (QED) is 0.777. The molecule has 3 nitrogen and oxygen atoms in total. The molecule has 0 spiro atoms. The second-order valence-electron chi connectivity index (χ2n) is 3.72. The minimum absolute atomic E-state index is 0.668. The van der Waals surface area contributed by atoms with Crippen LogP contribution in [0.3, 0.4) is 0 Å². The Labute approximate surface area is 84.5 Å². The average Bonchev–Trinajstić information content (AvgIpc) is 3.02. The van der Waals surface area contributed by atoms with Crippen molar-refractivity contribution in [3.63, 3.8) is 0 Å². The smallest absolute Gasteiger partial charge is 0.214 e. The number of anilines is 1. The van der Waals surface area contributed by atoms with E-state index in [1.165, 1.54) is 19.3 Å². The summed E-state index contributed by atoms with van der Waals surface area (Å²) >= 11 is 0. The Morgan fingerprint density at radius 3 is 3.07 bits per heavy atom. The molecule has 1 aliphatic rings. The van der Waals surface area contributed by atoms with Crippen molar-refractivity contribution in [2.24, 2.45) is 5.92 Å². The van der Waals surface area contributed by atoms with Gasteiger partial charge in [-0.2, -0.15) is 4.98 Å². The molecule has 76 valence electrons. The van der Waals surface area contributed by atoms with Crippen LogP contribution >= 0.6 is 0 Å². The van der Waals surface area contributed by atoms with E-state index in [0.29, 0.717) is 5.88 Å². The lowest BCUT2D eigenvalue weighted by molar-refractivity contribution is 0.398. The van der Waals surface area contributed by atoms with Crippen LogP contribution in [0.1, 0.15) is 19.3 Å². The van der Waals surface area contributed by atoms with Gasteiger partial charge in [-0.15, -0.1) is 0 Å². The first-order chi connectivity index (χ1) is 6.88. The second-order valence-corrected chi connectivity index (χ2v) is 3.72. The number of pyridine rings is 1. The van der Waals surface area contributed by atoms with Crippen molar-refractivity contribution in [3.05, 3.63) is 18.2 Å². The van der Waals surface area contributed by atoms with Crippen LogP contribution in [0.5, 0.6) is 5.88 Å². The Morgan fingerprint density at radius 2 is 2.36 bits per heavy atom. The molecular formula is C11H16N2O. The molecule has 2 rings (SSSR count). The van der Waals surface area contributed by atoms with E-state index < -0.39 is 0 Å². The molecule has 0 saturated heterocycles. The summed E-state index contributed by atoms with van der Waals surface area (Å²) in [6.45, 7) is 1.02. The number of nitrogens with one attached hydrogen (secondary N) is 1. The van der Waals surface area contributed by atoms with Crippen LogP contribution in [-0.4, -0.2) is 18.6 Å². The van der Waals surface area contributed by atoms with Gasteiger partial charge in [-0.1, -0.05) is 18.9 Å². The molecule has 1 aromatic heterocycles. The van der Waals surface area contributed by atoms with E-state index in [4.69, 9.17) is 4.74 Å². The molecule has 0 radical (unpaired) electrons. The molecule has 1 saturated carbocycles. The van der Waals surface area contributed by atoms with E-state index in [1.807, 2.05) is 18.2 Å². The Kier molecular flexibility index (Phi) is 2.87. The Hall–Kier alpha value is -1.25. The van der Waals surface area contributed by atoms with Gasteiger partial charge in [-0.05, 0) is 18.4 Å². The lowest BCUT2D eigenvalue weighted by Crippen LogP contribution is -2.04. The van der Waals surface area contributed by atoms with Crippen molar-refractivity contribution in [2.45, 2.75) is 19.3 Å². The molecule has 1 fully saturated rings. The van der Waals surface area contributed by atoms with E-state index in [0.717, 1.165) is 18.3 Å². The predicted octanol–water partition coefficient (Wildman–Crippen LogP) is 2.30. The van der Waals surface area contributed by atoms with Crippen molar-refractivity contribution in [2.75, 3.05) is 19.0 Å². The fraction of sp³-hybridized carbons (Fsp3) is 0.545. The van der Waals surface area contributed by atoms with Gasteiger partial charge in [0.25, 0.3) is 0 Å². The minimum atomic E-state index is 0.668. The first-order valence-electron chi connectivity index (χ1n) is 5.13. The van der Waals surface area contributed by atoms with Gasteiger partial charge in [-0.25, -0.2) is 0 Å². The fourth-order valence-electron chi connectivity index (χ4n) is 1.44. The Morgan fingerprint density at radius 1 is 1.50 bits per heavy atom. The molecule has 3 heteroatoms. The maximum atomic E-state index is 5.04. The summed E-state index contributed by atoms with van der Waals surface area (Å²) in [6.07, 6.45) is 4.08. The summed E-state index contributed by atoms with van der Waals surface area (Å²) in [5.74, 6) is 2.54. The highest BCUT2D eigenvalue weighted by Crippen LogP contribution is 2.32. The average molecular weight is 192 g/mol. The van der Waals surface area contributed by atoms with Crippen LogP contribution in [0.25, 0.3) is 0 Å². The minimum Gasteiger partial charge on any atom is -0.481 e. The molecule has 0 bridgehead atoms. The van der Waals surface area contributed by atoms with Crippen LogP contribution in [0.2, 0.25) is 0 Å². The van der Waals surface area contributed by atoms with Gasteiger partial charge in [0.15, 0.2) is 0 Å². The zero-order chi connectivity index (χ0) is 9.80. The highest BCUT2D eigenvalue weighted by molar-refractivity contribution is 5.36. The summed E-state index contributed by atoms with van der Waals surface area (Å²) in [5.41, 5.74) is 0. The van der Waals surface area contributed by atoms with Gasteiger partial charge in [0, 0.05) is 12.6 Å². The van der Waals surface area contributed by atoms with Crippen LogP contribution in [0.15, 0.2) is 18.2 Å². The highest BCUT2D eigenvalue weighted by atomic mass is 16.5. The van der Waals surface area contributed by atoms with E-state index >= 15 is 0 Å². The Bertz CT molecular complexity index is 297. The number of hydrogen-bond donors (Lipinski definition) is 1. The standard InChI is InChI=1S/C11H16N2O/c1-14-11-4-2-3-10(13-11)12-8-7-9-5-6-9/h2-4,9H,5-8H2,1H3,(H,12,13). The van der Waals surface area contributed by atoms with Crippen molar-refractivity contribution in [1.82, 2.24) is 4.98 Å². The number of hydrogen-bond acceptors (Lipinski definition) is 3. The van der Waals surface area contributed by atoms with E-state index in [9.17, 15) is 0 Å². The van der Waals surface area contributed by atoms with Gasteiger partial charge in [-0.3, -0.25) is 0 Å². The van der Waals surface area contributed by atoms with Crippen molar-refractivity contribution < 1.29 is 4.74 Å². The summed E-state index contributed by atoms with van der Waals surface area (Å²) in [6, 6.07) is 5.77. The first-order valence-corrected chi connectivity index (χ1v) is 5.13. The normalized spacial score (nSPS) is 15.2. The van der Waals surface area contributed by atoms with Crippen molar-refractivity contribution in [1.29, 1.82) is 0 Å². The van der Waals surface area contributed by atoms with E-state index in [-0.39, 0.29) is 0 Å². The number of rotatable bonds is 5. The molecule has 0 unspecified atom stereocenters. The number of ether oxygens (including phenoxy) is 1. The molecule has 1 aromatic rings. The maximum Gasteiger partial charge on any atom is 0.214 e. The Balaban J connectivity index is 1.81. The molecular weight excluding hydrogens is 176 g/mol. The van der Waals surface area contributed by atoms with Gasteiger partial charge in [0.05, 0.1) is 7.11 Å². The van der Waals surface area contributed by atoms with E-state index in [2.05, 4.69) is 10.3 Å². The van der Waals surface area contributed by atoms with Crippen molar-refractivity contribution in [3.8, 4) is 5.88 Å². The van der Waals surface area contributed by atoms with E-state index in [1.54, 1.807) is 7.11 Å². The molecule has 14 heavy (non-hydrogen) atoms. The van der Waals surface area contributed by atoms with Crippen LogP contribution in [0, 0.1) is 5.92 Å². The number of methoxy groups -OCH3 is 1. The lowest BCUT2D eigenvalue weighted by atomic mass is 10.3. The third kappa shape index (κ3) is 2.62. The zero-order valence-corrected chi connectivity index (χ0v) is 8.49. The molecule has 1 aliphatic carbocycles. The van der Waals surface area contributed by atoms with Crippen LogP contribution in [-0.2, 0) is 0 Å². The SMILES string of the molecule is COc1cccc(NCCC2CC2)n1. The summed E-state index contributed by atoms with van der Waals surface area (Å²) in [7, 11) is 1.64. The molecule has 1 heterocycles. The summed E-state index contributed by atoms with van der Waals surface area (Å²) in [5, 5.41) is 3.30. The molecule has 1 N–H and O–H groups in total. The molecule has 0 aromatic carbocycles. The topological polar surface area (TPSA) is 34.1 Å². The lowest BCUT2D eigenvalue weighted by Gasteiger charge is -2.05. The van der Waals surface area contributed by atoms with Gasteiger partial charge in [0.1, 0.15) is 5.82 Å². The third-order valence-corrected chi connectivity index (χ3v) is 2.49. The predicted molar refractivity (Wildman–Crippen MR) is 56.6 cm³/mol. The van der Waals surface area contributed by atoms with Crippen molar-refractivity contribution >= 4 is 5.82 Å².